The van der Waals surface area contributed by atoms with Crippen molar-refractivity contribution >= 4 is 66.7 Å². The van der Waals surface area contributed by atoms with E-state index in [4.69, 9.17) is 23.2 Å². The monoisotopic (exact) mass is 577 g/mol. The van der Waals surface area contributed by atoms with E-state index in [0.717, 1.165) is 10.6 Å². The van der Waals surface area contributed by atoms with Crippen LogP contribution in [0.2, 0.25) is 10.0 Å². The molecule has 2 amide bonds. The molecular weight excluding hydrogens is 553 g/mol. The third kappa shape index (κ3) is 7.34. The maximum atomic E-state index is 13.5. The Labute approximate surface area is 213 Å². The summed E-state index contributed by atoms with van der Waals surface area (Å²) in [6.45, 7) is 4.60. The van der Waals surface area contributed by atoms with Gasteiger partial charge in [-0.15, -0.1) is 0 Å². The van der Waals surface area contributed by atoms with E-state index in [1.165, 1.54) is 4.90 Å². The molecule has 0 aliphatic rings. The molecule has 0 spiro atoms. The van der Waals surface area contributed by atoms with Crippen LogP contribution in [0.5, 0.6) is 0 Å². The minimum absolute atomic E-state index is 0.0718. The number of amides is 2. The second kappa shape index (κ2) is 11.6. The average Bonchev–Trinajstić information content (AvgIpc) is 2.70. The molecule has 2 aromatic carbocycles. The summed E-state index contributed by atoms with van der Waals surface area (Å²) in [4.78, 5) is 27.5. The van der Waals surface area contributed by atoms with E-state index >= 15 is 0 Å². The fraction of sp³-hybridized carbons (Fsp3) is 0.364. The van der Waals surface area contributed by atoms with E-state index in [9.17, 15) is 18.0 Å². The molecule has 0 saturated heterocycles. The third-order valence-electron chi connectivity index (χ3n) is 4.79. The molecule has 0 saturated carbocycles. The molecule has 33 heavy (non-hydrogen) atoms. The molecule has 2 rings (SSSR count). The Morgan fingerprint density at radius 1 is 1.03 bits per heavy atom. The second-order valence-corrected chi connectivity index (χ2v) is 11.4. The average molecular weight is 579 g/mol. The highest BCUT2D eigenvalue weighted by molar-refractivity contribution is 9.10. The maximum absolute atomic E-state index is 13.5. The van der Waals surface area contributed by atoms with E-state index in [0.29, 0.717) is 25.8 Å². The van der Waals surface area contributed by atoms with Crippen molar-refractivity contribution in [3.8, 4) is 0 Å². The molecule has 0 aliphatic heterocycles. The Hall–Kier alpha value is -1.81. The Bertz CT molecular complexity index is 1110. The summed E-state index contributed by atoms with van der Waals surface area (Å²) in [6, 6.07) is 10.6. The van der Waals surface area contributed by atoms with Gasteiger partial charge in [0.2, 0.25) is 21.8 Å². The molecule has 11 heteroatoms. The van der Waals surface area contributed by atoms with Crippen molar-refractivity contribution in [2.24, 2.45) is 0 Å². The smallest absolute Gasteiger partial charge is 0.244 e. The van der Waals surface area contributed by atoms with Gasteiger partial charge in [0.25, 0.3) is 0 Å². The van der Waals surface area contributed by atoms with Crippen molar-refractivity contribution in [1.82, 2.24) is 10.2 Å². The van der Waals surface area contributed by atoms with Gasteiger partial charge in [0, 0.05) is 32.7 Å². The molecule has 0 aliphatic carbocycles. The predicted molar refractivity (Wildman–Crippen MR) is 136 cm³/mol. The first-order valence-electron chi connectivity index (χ1n) is 10.1. The number of sulfonamides is 1. The fourth-order valence-electron chi connectivity index (χ4n) is 3.09. The minimum Gasteiger partial charge on any atom is -0.352 e. The van der Waals surface area contributed by atoms with Gasteiger partial charge in [-0.3, -0.25) is 13.9 Å². The molecule has 0 bridgehead atoms. The number of nitrogens with one attached hydrogen (secondary N) is 1. The summed E-state index contributed by atoms with van der Waals surface area (Å²) in [5, 5.41) is 3.45. The molecule has 0 heterocycles. The largest absolute Gasteiger partial charge is 0.352 e. The highest BCUT2D eigenvalue weighted by atomic mass is 79.9. The topological polar surface area (TPSA) is 86.8 Å². The number of rotatable bonds is 9. The van der Waals surface area contributed by atoms with Crippen LogP contribution in [0.3, 0.4) is 0 Å². The summed E-state index contributed by atoms with van der Waals surface area (Å²) in [6.07, 6.45) is 1.02. The molecule has 1 N–H and O–H groups in total. The molecule has 7 nitrogen and oxygen atoms in total. The van der Waals surface area contributed by atoms with Crippen LogP contribution in [0, 0.1) is 0 Å². The highest BCUT2D eigenvalue weighted by Crippen LogP contribution is 2.29. The van der Waals surface area contributed by atoms with Crippen LogP contribution < -0.4 is 9.62 Å². The maximum Gasteiger partial charge on any atom is 0.244 e. The standard InChI is InChI=1S/C22H26BrCl2N3O4S/c1-14(2)26-22(30)15(3)27(12-16-18(24)9-7-10-19(16)25)21(29)13-28(33(4,31)32)20-11-6-5-8-17(20)23/h5-11,14-15H,12-13H2,1-4H3,(H,26,30)/t15-/m1/s1. The molecule has 180 valence electrons. The number of para-hydroxylation sites is 1. The van der Waals surface area contributed by atoms with Crippen molar-refractivity contribution < 1.29 is 18.0 Å². The van der Waals surface area contributed by atoms with Crippen molar-refractivity contribution in [3.05, 3.63) is 62.5 Å². The van der Waals surface area contributed by atoms with E-state index in [1.54, 1.807) is 63.2 Å². The minimum atomic E-state index is -3.82. The third-order valence-corrected chi connectivity index (χ3v) is 7.29. The number of hydrogen-bond donors (Lipinski definition) is 1. The lowest BCUT2D eigenvalue weighted by Crippen LogP contribution is -2.52. The first kappa shape index (κ1) is 27.4. The van der Waals surface area contributed by atoms with E-state index in [-0.39, 0.29) is 18.5 Å². The summed E-state index contributed by atoms with van der Waals surface area (Å²) >= 11 is 16.0. The molecule has 0 aromatic heterocycles. The van der Waals surface area contributed by atoms with Gasteiger partial charge in [-0.25, -0.2) is 8.42 Å². The van der Waals surface area contributed by atoms with Gasteiger partial charge in [0.05, 0.1) is 11.9 Å². The van der Waals surface area contributed by atoms with Crippen molar-refractivity contribution in [3.63, 3.8) is 0 Å². The fourth-order valence-corrected chi connectivity index (χ4v) is 5.08. The lowest BCUT2D eigenvalue weighted by atomic mass is 10.1. The van der Waals surface area contributed by atoms with Crippen LogP contribution in [0.1, 0.15) is 26.3 Å². The normalized spacial score (nSPS) is 12.4. The van der Waals surface area contributed by atoms with Gasteiger partial charge in [-0.05, 0) is 61.0 Å². The van der Waals surface area contributed by atoms with Gasteiger partial charge >= 0.3 is 0 Å². The van der Waals surface area contributed by atoms with Crippen molar-refractivity contribution in [2.45, 2.75) is 39.4 Å². The van der Waals surface area contributed by atoms with Crippen molar-refractivity contribution in [1.29, 1.82) is 0 Å². The van der Waals surface area contributed by atoms with Crippen LogP contribution in [0.25, 0.3) is 0 Å². The lowest BCUT2D eigenvalue weighted by molar-refractivity contribution is -0.139. The Morgan fingerprint density at radius 2 is 1.61 bits per heavy atom. The first-order chi connectivity index (χ1) is 15.3. The number of nitrogens with zero attached hydrogens (tertiary/aromatic N) is 2. The molecule has 1 atom stereocenters. The summed E-state index contributed by atoms with van der Waals surface area (Å²) in [5.41, 5.74) is 0.772. The number of anilines is 1. The number of carbonyl (C=O) groups is 2. The molecule has 0 fully saturated rings. The van der Waals surface area contributed by atoms with Gasteiger partial charge in [-0.1, -0.05) is 41.4 Å². The van der Waals surface area contributed by atoms with E-state index in [2.05, 4.69) is 21.2 Å². The second-order valence-electron chi connectivity index (χ2n) is 7.78. The zero-order chi connectivity index (χ0) is 24.9. The summed E-state index contributed by atoms with van der Waals surface area (Å²) in [5.74, 6) is -0.966. The SMILES string of the molecule is CC(C)NC(=O)[C@@H](C)N(Cc1c(Cl)cccc1Cl)C(=O)CN(c1ccccc1Br)S(C)(=O)=O. The number of halogens is 3. The molecule has 0 unspecified atom stereocenters. The van der Waals surface area contributed by atoms with Gasteiger partial charge in [0.1, 0.15) is 12.6 Å². The van der Waals surface area contributed by atoms with Crippen molar-refractivity contribution in [2.75, 3.05) is 17.1 Å². The van der Waals surface area contributed by atoms with Gasteiger partial charge in [-0.2, -0.15) is 0 Å². The quantitative estimate of drug-likeness (QED) is 0.476. The molecule has 0 radical (unpaired) electrons. The number of benzene rings is 2. The predicted octanol–water partition coefficient (Wildman–Crippen LogP) is 4.46. The summed E-state index contributed by atoms with van der Waals surface area (Å²) in [7, 11) is -3.82. The first-order valence-corrected chi connectivity index (χ1v) is 13.5. The molecular formula is C22H26BrCl2N3O4S. The zero-order valence-electron chi connectivity index (χ0n) is 18.7. The number of carbonyl (C=O) groups excluding carboxylic acids is 2. The molecule has 2 aromatic rings. The van der Waals surface area contributed by atoms with Crippen LogP contribution in [-0.4, -0.2) is 50.0 Å². The van der Waals surface area contributed by atoms with E-state index < -0.39 is 28.5 Å². The van der Waals surface area contributed by atoms with Gasteiger partial charge in [0.15, 0.2) is 0 Å². The Balaban J connectivity index is 2.47. The Kier molecular flexibility index (Phi) is 9.60. The zero-order valence-corrected chi connectivity index (χ0v) is 22.6. The van der Waals surface area contributed by atoms with Gasteiger partial charge < -0.3 is 10.2 Å². The Morgan fingerprint density at radius 3 is 2.12 bits per heavy atom. The van der Waals surface area contributed by atoms with Crippen LogP contribution in [0.15, 0.2) is 46.9 Å². The summed E-state index contributed by atoms with van der Waals surface area (Å²) < 4.78 is 26.6. The van der Waals surface area contributed by atoms with Crippen LogP contribution in [0.4, 0.5) is 5.69 Å². The van der Waals surface area contributed by atoms with E-state index in [1.807, 2.05) is 0 Å². The lowest BCUT2D eigenvalue weighted by Gasteiger charge is -2.32. The van der Waals surface area contributed by atoms with Crippen LogP contribution in [-0.2, 0) is 26.2 Å². The highest BCUT2D eigenvalue weighted by Gasteiger charge is 2.31. The van der Waals surface area contributed by atoms with Crippen LogP contribution >= 0.6 is 39.1 Å². The number of hydrogen-bond acceptors (Lipinski definition) is 4.